The SMILES string of the molecule is CCN1CC2OC2N(C)C1=S. The lowest BCUT2D eigenvalue weighted by atomic mass is 10.3. The Morgan fingerprint density at radius 2 is 2.45 bits per heavy atom. The van der Waals surface area contributed by atoms with Crippen molar-refractivity contribution in [2.24, 2.45) is 0 Å². The van der Waals surface area contributed by atoms with Gasteiger partial charge in [-0.05, 0) is 19.1 Å². The third-order valence-electron chi connectivity index (χ3n) is 2.29. The van der Waals surface area contributed by atoms with Crippen LogP contribution in [0.4, 0.5) is 0 Å². The van der Waals surface area contributed by atoms with Crippen molar-refractivity contribution in [3.63, 3.8) is 0 Å². The van der Waals surface area contributed by atoms with Crippen LogP contribution in [0.15, 0.2) is 0 Å². The van der Waals surface area contributed by atoms with Crippen LogP contribution in [0.3, 0.4) is 0 Å². The summed E-state index contributed by atoms with van der Waals surface area (Å²) in [6, 6.07) is 0. The molecule has 2 aliphatic heterocycles. The predicted molar refractivity (Wildman–Crippen MR) is 46.3 cm³/mol. The molecule has 4 heteroatoms. The second-order valence-electron chi connectivity index (χ2n) is 3.00. The van der Waals surface area contributed by atoms with Crippen molar-refractivity contribution in [2.45, 2.75) is 19.3 Å². The quantitative estimate of drug-likeness (QED) is 0.417. The molecule has 0 aromatic heterocycles. The topological polar surface area (TPSA) is 19.0 Å². The van der Waals surface area contributed by atoms with E-state index >= 15 is 0 Å². The first-order chi connectivity index (χ1) is 5.24. The molecule has 2 rings (SSSR count). The van der Waals surface area contributed by atoms with Crippen LogP contribution < -0.4 is 0 Å². The van der Waals surface area contributed by atoms with Gasteiger partial charge in [-0.1, -0.05) is 0 Å². The number of epoxide rings is 1. The third kappa shape index (κ3) is 1.01. The van der Waals surface area contributed by atoms with E-state index in [4.69, 9.17) is 17.0 Å². The van der Waals surface area contributed by atoms with E-state index in [2.05, 4.69) is 11.8 Å². The lowest BCUT2D eigenvalue weighted by Gasteiger charge is -2.32. The standard InChI is InChI=1S/C7H12N2OS/c1-3-9-4-5-6(10-5)8(2)7(9)11/h5-6H,3-4H2,1-2H3. The lowest BCUT2D eigenvalue weighted by molar-refractivity contribution is 0.283. The molecule has 0 aromatic carbocycles. The maximum absolute atomic E-state index is 5.39. The molecule has 0 spiro atoms. The zero-order valence-electron chi connectivity index (χ0n) is 6.78. The first-order valence-electron chi connectivity index (χ1n) is 3.91. The Hall–Kier alpha value is -0.350. The van der Waals surface area contributed by atoms with Crippen LogP contribution in [0.1, 0.15) is 6.92 Å². The number of nitrogens with zero attached hydrogens (tertiary/aromatic N) is 2. The summed E-state index contributed by atoms with van der Waals surface area (Å²) >= 11 is 5.22. The van der Waals surface area contributed by atoms with E-state index in [9.17, 15) is 0 Å². The van der Waals surface area contributed by atoms with Crippen molar-refractivity contribution >= 4 is 17.3 Å². The minimum Gasteiger partial charge on any atom is -0.347 e. The van der Waals surface area contributed by atoms with Gasteiger partial charge in [0.25, 0.3) is 0 Å². The third-order valence-corrected chi connectivity index (χ3v) is 2.84. The van der Waals surface area contributed by atoms with Crippen LogP contribution in [0, 0.1) is 0 Å². The normalized spacial score (nSPS) is 35.6. The molecular formula is C7H12N2OS. The van der Waals surface area contributed by atoms with E-state index in [1.165, 1.54) is 0 Å². The van der Waals surface area contributed by atoms with Gasteiger partial charge in [-0.3, -0.25) is 0 Å². The average Bonchev–Trinajstić information content (AvgIpc) is 2.75. The van der Waals surface area contributed by atoms with Gasteiger partial charge in [-0.15, -0.1) is 0 Å². The van der Waals surface area contributed by atoms with E-state index in [1.54, 1.807) is 0 Å². The van der Waals surface area contributed by atoms with Crippen molar-refractivity contribution < 1.29 is 4.74 Å². The first-order valence-corrected chi connectivity index (χ1v) is 4.32. The van der Waals surface area contributed by atoms with Gasteiger partial charge in [0.2, 0.25) is 0 Å². The number of hydrogen-bond donors (Lipinski definition) is 0. The van der Waals surface area contributed by atoms with Crippen LogP contribution in [-0.4, -0.2) is 47.4 Å². The van der Waals surface area contributed by atoms with Crippen LogP contribution in [0.25, 0.3) is 0 Å². The first kappa shape index (κ1) is 7.31. The minimum absolute atomic E-state index is 0.283. The van der Waals surface area contributed by atoms with Crippen molar-refractivity contribution in [3.8, 4) is 0 Å². The molecule has 2 atom stereocenters. The highest BCUT2D eigenvalue weighted by molar-refractivity contribution is 7.80. The molecule has 3 nitrogen and oxygen atoms in total. The molecule has 0 amide bonds. The van der Waals surface area contributed by atoms with Gasteiger partial charge in [0.15, 0.2) is 11.3 Å². The van der Waals surface area contributed by atoms with E-state index in [-0.39, 0.29) is 6.23 Å². The van der Waals surface area contributed by atoms with Crippen molar-refractivity contribution in [3.05, 3.63) is 0 Å². The summed E-state index contributed by atoms with van der Waals surface area (Å²) in [5, 5.41) is 0.922. The second kappa shape index (κ2) is 2.32. The molecule has 0 bridgehead atoms. The van der Waals surface area contributed by atoms with E-state index in [1.807, 2.05) is 11.9 Å². The molecule has 11 heavy (non-hydrogen) atoms. The number of fused-ring (bicyclic) bond motifs is 1. The highest BCUT2D eigenvalue weighted by Crippen LogP contribution is 2.30. The Balaban J connectivity index is 2.09. The Morgan fingerprint density at radius 3 is 3.09 bits per heavy atom. The zero-order valence-corrected chi connectivity index (χ0v) is 7.60. The minimum atomic E-state index is 0.283. The van der Waals surface area contributed by atoms with Gasteiger partial charge in [-0.2, -0.15) is 0 Å². The molecule has 2 unspecified atom stereocenters. The Bertz CT molecular complexity index is 197. The number of thiocarbonyl (C=S) groups is 1. The van der Waals surface area contributed by atoms with Crippen molar-refractivity contribution in [1.29, 1.82) is 0 Å². The summed E-state index contributed by atoms with van der Waals surface area (Å²) in [4.78, 5) is 4.20. The lowest BCUT2D eigenvalue weighted by Crippen LogP contribution is -2.49. The Morgan fingerprint density at radius 1 is 1.73 bits per heavy atom. The average molecular weight is 172 g/mol. The number of hydrogen-bond acceptors (Lipinski definition) is 2. The fraction of sp³-hybridized carbons (Fsp3) is 0.857. The molecule has 0 aromatic rings. The fourth-order valence-electron chi connectivity index (χ4n) is 1.50. The predicted octanol–water partition coefficient (Wildman–Crippen LogP) is 0.264. The molecule has 2 heterocycles. The molecule has 2 saturated heterocycles. The van der Waals surface area contributed by atoms with Crippen LogP contribution >= 0.6 is 12.2 Å². The monoisotopic (exact) mass is 172 g/mol. The maximum Gasteiger partial charge on any atom is 0.173 e. The molecular weight excluding hydrogens is 160 g/mol. The summed E-state index contributed by atoms with van der Waals surface area (Å²) in [6.45, 7) is 4.07. The number of rotatable bonds is 1. The maximum atomic E-state index is 5.39. The van der Waals surface area contributed by atoms with Gasteiger partial charge in [0, 0.05) is 13.6 Å². The van der Waals surface area contributed by atoms with Gasteiger partial charge in [-0.25, -0.2) is 0 Å². The highest BCUT2D eigenvalue weighted by atomic mass is 32.1. The van der Waals surface area contributed by atoms with Gasteiger partial charge in [0.1, 0.15) is 6.10 Å². The van der Waals surface area contributed by atoms with E-state index < -0.39 is 0 Å². The Kier molecular flexibility index (Phi) is 1.54. The molecule has 2 aliphatic rings. The smallest absolute Gasteiger partial charge is 0.173 e. The number of likely N-dealkylation sites (N-methyl/N-ethyl adjacent to an activating group) is 2. The molecule has 2 fully saturated rings. The van der Waals surface area contributed by atoms with Gasteiger partial charge >= 0.3 is 0 Å². The van der Waals surface area contributed by atoms with Crippen LogP contribution in [0.5, 0.6) is 0 Å². The largest absolute Gasteiger partial charge is 0.347 e. The fourth-order valence-corrected chi connectivity index (χ4v) is 1.81. The molecule has 0 radical (unpaired) electrons. The summed E-state index contributed by atoms with van der Waals surface area (Å²) in [7, 11) is 1.99. The molecule has 0 N–H and O–H groups in total. The molecule has 0 saturated carbocycles. The van der Waals surface area contributed by atoms with Gasteiger partial charge in [0.05, 0.1) is 6.54 Å². The summed E-state index contributed by atoms with van der Waals surface area (Å²) in [5.74, 6) is 0. The van der Waals surface area contributed by atoms with Crippen LogP contribution in [-0.2, 0) is 4.74 Å². The van der Waals surface area contributed by atoms with E-state index in [0.717, 1.165) is 18.2 Å². The second-order valence-corrected chi connectivity index (χ2v) is 3.36. The van der Waals surface area contributed by atoms with Crippen molar-refractivity contribution in [2.75, 3.05) is 20.1 Å². The number of ether oxygens (including phenoxy) is 1. The molecule has 62 valence electrons. The highest BCUT2D eigenvalue weighted by Gasteiger charge is 2.48. The van der Waals surface area contributed by atoms with E-state index in [0.29, 0.717) is 6.10 Å². The van der Waals surface area contributed by atoms with Crippen LogP contribution in [0.2, 0.25) is 0 Å². The summed E-state index contributed by atoms with van der Waals surface area (Å²) in [6.07, 6.45) is 0.692. The summed E-state index contributed by atoms with van der Waals surface area (Å²) < 4.78 is 5.39. The zero-order chi connectivity index (χ0) is 8.01. The van der Waals surface area contributed by atoms with Gasteiger partial charge < -0.3 is 14.5 Å². The Labute approximate surface area is 71.9 Å². The van der Waals surface area contributed by atoms with Crippen molar-refractivity contribution in [1.82, 2.24) is 9.80 Å². The molecule has 0 aliphatic carbocycles. The summed E-state index contributed by atoms with van der Waals surface area (Å²) in [5.41, 5.74) is 0.